The van der Waals surface area contributed by atoms with E-state index in [9.17, 15) is 9.59 Å². The minimum Gasteiger partial charge on any atom is -0.494 e. The van der Waals surface area contributed by atoms with E-state index in [0.717, 1.165) is 24.3 Å². The zero-order valence-electron chi connectivity index (χ0n) is 18.3. The molecule has 32 heavy (non-hydrogen) atoms. The molecule has 0 radical (unpaired) electrons. The van der Waals surface area contributed by atoms with Crippen molar-refractivity contribution in [1.82, 2.24) is 0 Å². The van der Waals surface area contributed by atoms with Crippen molar-refractivity contribution in [2.45, 2.75) is 26.7 Å². The summed E-state index contributed by atoms with van der Waals surface area (Å²) in [4.78, 5) is 27.6. The van der Waals surface area contributed by atoms with E-state index in [1.165, 1.54) is 0 Å². The fourth-order valence-corrected chi connectivity index (χ4v) is 3.56. The predicted molar refractivity (Wildman–Crippen MR) is 125 cm³/mol. The van der Waals surface area contributed by atoms with Gasteiger partial charge in [-0.05, 0) is 67.9 Å². The Balaban J connectivity index is 1.53. The van der Waals surface area contributed by atoms with E-state index in [2.05, 4.69) is 12.2 Å². The number of benzene rings is 3. The molecule has 6 nitrogen and oxygen atoms in total. The molecule has 0 spiro atoms. The number of hydrogen-bond acceptors (Lipinski definition) is 4. The molecule has 0 unspecified atom stereocenters. The Morgan fingerprint density at radius 1 is 1.00 bits per heavy atom. The number of para-hydroxylation sites is 2. The smallest absolute Gasteiger partial charge is 0.262 e. The van der Waals surface area contributed by atoms with Gasteiger partial charge in [-0.3, -0.25) is 9.59 Å². The highest BCUT2D eigenvalue weighted by molar-refractivity contribution is 6.11. The van der Waals surface area contributed by atoms with Gasteiger partial charge in [-0.2, -0.15) is 0 Å². The summed E-state index contributed by atoms with van der Waals surface area (Å²) in [5.74, 6) is 1.39. The minimum absolute atomic E-state index is 0.169. The van der Waals surface area contributed by atoms with Crippen molar-refractivity contribution in [3.05, 3.63) is 77.9 Å². The Kier molecular flexibility index (Phi) is 6.40. The summed E-state index contributed by atoms with van der Waals surface area (Å²) in [5.41, 5.74) is 2.16. The highest BCUT2D eigenvalue weighted by Gasteiger charge is 2.27. The van der Waals surface area contributed by atoms with Crippen molar-refractivity contribution in [2.24, 2.45) is 0 Å². The highest BCUT2D eigenvalue weighted by atomic mass is 16.5. The SMILES string of the molecule is CCCCOc1ccc(C(=O)Nc2ccc3c(c2)C(=O)N(CC)c2ccccc2O3)cc1. The summed E-state index contributed by atoms with van der Waals surface area (Å²) < 4.78 is 11.7. The van der Waals surface area contributed by atoms with Crippen LogP contribution in [0.2, 0.25) is 0 Å². The van der Waals surface area contributed by atoms with Gasteiger partial charge >= 0.3 is 0 Å². The van der Waals surface area contributed by atoms with Crippen molar-refractivity contribution in [3.63, 3.8) is 0 Å². The number of hydrogen-bond donors (Lipinski definition) is 1. The monoisotopic (exact) mass is 430 g/mol. The maximum atomic E-state index is 13.2. The minimum atomic E-state index is -0.261. The second-order valence-corrected chi connectivity index (χ2v) is 7.51. The van der Waals surface area contributed by atoms with Crippen molar-refractivity contribution in [1.29, 1.82) is 0 Å². The van der Waals surface area contributed by atoms with E-state index in [-0.39, 0.29) is 11.8 Å². The van der Waals surface area contributed by atoms with Crippen LogP contribution in [0, 0.1) is 0 Å². The number of fused-ring (bicyclic) bond motifs is 2. The van der Waals surface area contributed by atoms with Gasteiger partial charge in [0.15, 0.2) is 5.75 Å². The van der Waals surface area contributed by atoms with Crippen molar-refractivity contribution >= 4 is 23.2 Å². The number of nitrogens with one attached hydrogen (secondary N) is 1. The van der Waals surface area contributed by atoms with Gasteiger partial charge in [-0.1, -0.05) is 25.5 Å². The molecule has 1 heterocycles. The molecule has 3 aromatic carbocycles. The number of rotatable bonds is 7. The molecule has 0 aliphatic carbocycles. The first kappa shape index (κ1) is 21.4. The first-order valence-electron chi connectivity index (χ1n) is 10.9. The maximum Gasteiger partial charge on any atom is 0.262 e. The molecule has 0 fully saturated rings. The van der Waals surface area contributed by atoms with E-state index in [0.29, 0.717) is 41.5 Å². The van der Waals surface area contributed by atoms with E-state index >= 15 is 0 Å². The third-order valence-electron chi connectivity index (χ3n) is 5.29. The summed E-state index contributed by atoms with van der Waals surface area (Å²) in [6.07, 6.45) is 2.06. The zero-order chi connectivity index (χ0) is 22.5. The Bertz CT molecular complexity index is 1120. The average molecular weight is 431 g/mol. The van der Waals surface area contributed by atoms with Crippen molar-refractivity contribution in [3.8, 4) is 17.2 Å². The molecule has 1 aliphatic heterocycles. The molecule has 0 saturated carbocycles. The molecule has 4 rings (SSSR count). The molecular formula is C26H26N2O4. The zero-order valence-corrected chi connectivity index (χ0v) is 18.3. The van der Waals surface area contributed by atoms with Crippen molar-refractivity contribution in [2.75, 3.05) is 23.4 Å². The first-order valence-corrected chi connectivity index (χ1v) is 10.9. The van der Waals surface area contributed by atoms with Gasteiger partial charge in [0.25, 0.3) is 11.8 Å². The molecule has 0 bridgehead atoms. The van der Waals surface area contributed by atoms with Gasteiger partial charge in [0.2, 0.25) is 0 Å². The second-order valence-electron chi connectivity index (χ2n) is 7.51. The van der Waals surface area contributed by atoms with Crippen LogP contribution in [0.5, 0.6) is 17.2 Å². The number of unbranched alkanes of at least 4 members (excludes halogenated alkanes) is 1. The standard InChI is InChI=1S/C26H26N2O4/c1-3-5-16-31-20-13-10-18(11-14-20)25(29)27-19-12-15-23-21(17-19)26(30)28(4-2)22-8-6-7-9-24(22)32-23/h6-15,17H,3-5,16H2,1-2H3,(H,27,29). The predicted octanol–water partition coefficient (Wildman–Crippen LogP) is 5.89. The fraction of sp³-hybridized carbons (Fsp3) is 0.231. The Morgan fingerprint density at radius 3 is 2.53 bits per heavy atom. The van der Waals surface area contributed by atoms with Gasteiger partial charge in [-0.25, -0.2) is 0 Å². The summed E-state index contributed by atoms with van der Waals surface area (Å²) in [5, 5.41) is 2.87. The molecule has 0 saturated heterocycles. The quantitative estimate of drug-likeness (QED) is 0.475. The van der Waals surface area contributed by atoms with Crippen LogP contribution in [0.1, 0.15) is 47.4 Å². The van der Waals surface area contributed by atoms with Crippen LogP contribution in [0.3, 0.4) is 0 Å². The molecular weight excluding hydrogens is 404 g/mol. The largest absolute Gasteiger partial charge is 0.494 e. The molecule has 0 aromatic heterocycles. The topological polar surface area (TPSA) is 67.9 Å². The molecule has 1 N–H and O–H groups in total. The summed E-state index contributed by atoms with van der Waals surface area (Å²) in [6, 6.07) is 19.6. The molecule has 1 aliphatic rings. The highest BCUT2D eigenvalue weighted by Crippen LogP contribution is 2.39. The first-order chi connectivity index (χ1) is 15.6. The molecule has 164 valence electrons. The number of amides is 2. The number of anilines is 2. The van der Waals surface area contributed by atoms with Gasteiger partial charge in [0.1, 0.15) is 11.5 Å². The van der Waals surface area contributed by atoms with Crippen LogP contribution in [0.4, 0.5) is 11.4 Å². The van der Waals surface area contributed by atoms with Crippen LogP contribution < -0.4 is 19.7 Å². The summed E-state index contributed by atoms with van der Waals surface area (Å²) in [7, 11) is 0. The Labute approximate surface area is 187 Å². The molecule has 6 heteroatoms. The van der Waals surface area contributed by atoms with Gasteiger partial charge < -0.3 is 19.7 Å². The lowest BCUT2D eigenvalue weighted by Gasteiger charge is -2.19. The lowest BCUT2D eigenvalue weighted by molar-refractivity contribution is 0.0985. The van der Waals surface area contributed by atoms with Crippen LogP contribution in [-0.4, -0.2) is 25.0 Å². The van der Waals surface area contributed by atoms with E-state index in [1.807, 2.05) is 31.2 Å². The van der Waals surface area contributed by atoms with Gasteiger partial charge in [0.05, 0.1) is 17.9 Å². The lowest BCUT2D eigenvalue weighted by atomic mass is 10.1. The van der Waals surface area contributed by atoms with Crippen LogP contribution in [-0.2, 0) is 0 Å². The third kappa shape index (κ3) is 4.44. The Hall–Kier alpha value is -3.80. The van der Waals surface area contributed by atoms with Gasteiger partial charge in [0, 0.05) is 17.8 Å². The van der Waals surface area contributed by atoms with E-state index in [1.54, 1.807) is 47.4 Å². The Morgan fingerprint density at radius 2 is 1.78 bits per heavy atom. The number of carbonyl (C=O) groups is 2. The second kappa shape index (κ2) is 9.56. The third-order valence-corrected chi connectivity index (χ3v) is 5.29. The van der Waals surface area contributed by atoms with Crippen molar-refractivity contribution < 1.29 is 19.1 Å². The summed E-state index contributed by atoms with van der Waals surface area (Å²) >= 11 is 0. The normalized spacial score (nSPS) is 12.3. The number of nitrogens with zero attached hydrogens (tertiary/aromatic N) is 1. The molecule has 0 atom stereocenters. The molecule has 3 aromatic rings. The van der Waals surface area contributed by atoms with E-state index in [4.69, 9.17) is 9.47 Å². The fourth-order valence-electron chi connectivity index (χ4n) is 3.56. The number of carbonyl (C=O) groups excluding carboxylic acids is 2. The van der Waals surface area contributed by atoms with Crippen LogP contribution in [0.25, 0.3) is 0 Å². The maximum absolute atomic E-state index is 13.2. The average Bonchev–Trinajstić information content (AvgIpc) is 2.93. The van der Waals surface area contributed by atoms with E-state index < -0.39 is 0 Å². The lowest BCUT2D eigenvalue weighted by Crippen LogP contribution is -2.29. The summed E-state index contributed by atoms with van der Waals surface area (Å²) in [6.45, 7) is 5.19. The number of ether oxygens (including phenoxy) is 2. The van der Waals surface area contributed by atoms with Crippen LogP contribution >= 0.6 is 0 Å². The molecule has 2 amide bonds. The van der Waals surface area contributed by atoms with Crippen LogP contribution in [0.15, 0.2) is 66.7 Å². The van der Waals surface area contributed by atoms with Gasteiger partial charge in [-0.15, -0.1) is 0 Å².